The number of hydrogen-bond acceptors (Lipinski definition) is 5. The van der Waals surface area contributed by atoms with Crippen molar-refractivity contribution in [1.29, 1.82) is 0 Å². The van der Waals surface area contributed by atoms with Crippen LogP contribution in [-0.2, 0) is 14.8 Å². The molecule has 0 radical (unpaired) electrons. The molecule has 0 aliphatic carbocycles. The van der Waals surface area contributed by atoms with Crippen molar-refractivity contribution in [2.75, 3.05) is 11.9 Å². The van der Waals surface area contributed by atoms with Crippen LogP contribution in [0.5, 0.6) is 0 Å². The number of rotatable bonds is 7. The van der Waals surface area contributed by atoms with E-state index in [0.717, 1.165) is 6.42 Å². The molecule has 7 nitrogen and oxygen atoms in total. The number of anilines is 1. The summed E-state index contributed by atoms with van der Waals surface area (Å²) < 4.78 is 26.4. The zero-order chi connectivity index (χ0) is 14.5. The third-order valence-electron chi connectivity index (χ3n) is 2.35. The van der Waals surface area contributed by atoms with Gasteiger partial charge in [-0.3, -0.25) is 4.79 Å². The lowest BCUT2D eigenvalue weighted by Crippen LogP contribution is -2.42. The van der Waals surface area contributed by atoms with E-state index in [1.165, 1.54) is 13.1 Å². The number of pyridine rings is 1. The molecule has 0 fully saturated rings. The van der Waals surface area contributed by atoms with Gasteiger partial charge in [0.05, 0.1) is 11.7 Å². The second kappa shape index (κ2) is 6.48. The Balaban J connectivity index is 3.03. The molecule has 1 aromatic heterocycles. The summed E-state index contributed by atoms with van der Waals surface area (Å²) in [4.78, 5) is 14.8. The monoisotopic (exact) mass is 286 g/mol. The highest BCUT2D eigenvalue weighted by Crippen LogP contribution is 2.17. The highest BCUT2D eigenvalue weighted by atomic mass is 32.2. The maximum atomic E-state index is 12.1. The van der Waals surface area contributed by atoms with Crippen molar-refractivity contribution in [3.63, 3.8) is 0 Å². The number of carbonyl (C=O) groups is 1. The van der Waals surface area contributed by atoms with Gasteiger partial charge in [-0.15, -0.1) is 0 Å². The predicted molar refractivity (Wildman–Crippen MR) is 72.0 cm³/mol. The largest absolute Gasteiger partial charge is 0.383 e. The van der Waals surface area contributed by atoms with Crippen LogP contribution in [0.4, 0.5) is 5.69 Å². The maximum Gasteiger partial charge on any atom is 0.260 e. The van der Waals surface area contributed by atoms with Crippen molar-refractivity contribution in [3.05, 3.63) is 18.3 Å². The quantitative estimate of drug-likeness (QED) is 0.655. The van der Waals surface area contributed by atoms with Crippen LogP contribution in [-0.4, -0.2) is 31.9 Å². The summed E-state index contributed by atoms with van der Waals surface area (Å²) in [6.07, 6.45) is 2.22. The minimum Gasteiger partial charge on any atom is -0.383 e. The van der Waals surface area contributed by atoms with Gasteiger partial charge in [0.2, 0.25) is 5.91 Å². The number of amides is 1. The fourth-order valence-corrected chi connectivity index (χ4v) is 2.67. The first kappa shape index (κ1) is 15.4. The van der Waals surface area contributed by atoms with E-state index in [0.29, 0.717) is 12.2 Å². The summed E-state index contributed by atoms with van der Waals surface area (Å²) in [6.45, 7) is 3.96. The van der Waals surface area contributed by atoms with Crippen LogP contribution in [0.1, 0.15) is 20.3 Å². The molecule has 1 heterocycles. The zero-order valence-electron chi connectivity index (χ0n) is 10.9. The Labute approximate surface area is 112 Å². The van der Waals surface area contributed by atoms with Crippen molar-refractivity contribution >= 4 is 21.6 Å². The van der Waals surface area contributed by atoms with Crippen LogP contribution in [0.25, 0.3) is 0 Å². The van der Waals surface area contributed by atoms with Crippen LogP contribution in [0.15, 0.2) is 23.4 Å². The molecule has 0 spiro atoms. The van der Waals surface area contributed by atoms with Gasteiger partial charge in [-0.1, -0.05) is 6.92 Å². The van der Waals surface area contributed by atoms with Gasteiger partial charge >= 0.3 is 0 Å². The summed E-state index contributed by atoms with van der Waals surface area (Å²) in [6, 6.07) is 2.26. The molecular formula is C11H18N4O3S. The van der Waals surface area contributed by atoms with E-state index in [-0.39, 0.29) is 5.03 Å². The number of aromatic nitrogens is 1. The summed E-state index contributed by atoms with van der Waals surface area (Å²) in [7, 11) is -3.89. The van der Waals surface area contributed by atoms with Crippen molar-refractivity contribution in [1.82, 2.24) is 9.71 Å². The molecule has 8 heteroatoms. The minimum absolute atomic E-state index is 0.142. The Hall–Kier alpha value is -1.67. The third-order valence-corrected chi connectivity index (χ3v) is 3.85. The number of carbonyl (C=O) groups excluding carboxylic acids is 1. The lowest BCUT2D eigenvalue weighted by molar-refractivity contribution is -0.119. The van der Waals surface area contributed by atoms with E-state index in [1.54, 1.807) is 12.1 Å². The van der Waals surface area contributed by atoms with Crippen LogP contribution in [0.2, 0.25) is 0 Å². The average Bonchev–Trinajstić information content (AvgIpc) is 2.36. The fraction of sp³-hybridized carbons (Fsp3) is 0.455. The summed E-state index contributed by atoms with van der Waals surface area (Å²) in [5.41, 5.74) is 5.43. The van der Waals surface area contributed by atoms with E-state index >= 15 is 0 Å². The highest BCUT2D eigenvalue weighted by Gasteiger charge is 2.24. The lowest BCUT2D eigenvalue weighted by Gasteiger charge is -2.13. The summed E-state index contributed by atoms with van der Waals surface area (Å²) in [5.74, 6) is -0.748. The lowest BCUT2D eigenvalue weighted by atomic mass is 10.4. The minimum atomic E-state index is -3.89. The van der Waals surface area contributed by atoms with Gasteiger partial charge in [0.1, 0.15) is 0 Å². The normalized spacial score (nSPS) is 12.9. The molecule has 0 aliphatic heterocycles. The van der Waals surface area contributed by atoms with E-state index < -0.39 is 22.0 Å². The van der Waals surface area contributed by atoms with Crippen LogP contribution >= 0.6 is 0 Å². The zero-order valence-corrected chi connectivity index (χ0v) is 11.7. The van der Waals surface area contributed by atoms with Gasteiger partial charge in [-0.25, -0.2) is 13.4 Å². The molecule has 0 aliphatic rings. The average molecular weight is 286 g/mol. The smallest absolute Gasteiger partial charge is 0.260 e. The first-order valence-corrected chi connectivity index (χ1v) is 7.37. The Kier molecular flexibility index (Phi) is 5.25. The molecule has 0 aromatic carbocycles. The van der Waals surface area contributed by atoms with E-state index in [4.69, 9.17) is 5.73 Å². The van der Waals surface area contributed by atoms with Gasteiger partial charge in [0, 0.05) is 12.7 Å². The summed E-state index contributed by atoms with van der Waals surface area (Å²) >= 11 is 0. The molecular weight excluding hydrogens is 268 g/mol. The molecule has 19 heavy (non-hydrogen) atoms. The SMILES string of the molecule is CCCNc1cccnc1S(=O)(=O)NC(C)C(N)=O. The van der Waals surface area contributed by atoms with E-state index in [1.807, 2.05) is 6.92 Å². The topological polar surface area (TPSA) is 114 Å². The molecule has 1 unspecified atom stereocenters. The summed E-state index contributed by atoms with van der Waals surface area (Å²) in [5, 5.41) is 2.83. The fourth-order valence-electron chi connectivity index (χ4n) is 1.35. The maximum absolute atomic E-state index is 12.1. The molecule has 1 atom stereocenters. The first-order valence-electron chi connectivity index (χ1n) is 5.89. The van der Waals surface area contributed by atoms with Gasteiger partial charge in [-0.05, 0) is 25.5 Å². The van der Waals surface area contributed by atoms with Gasteiger partial charge in [0.25, 0.3) is 10.0 Å². The molecule has 1 amide bonds. The molecule has 1 rings (SSSR count). The van der Waals surface area contributed by atoms with Crippen LogP contribution < -0.4 is 15.8 Å². The third kappa shape index (κ3) is 4.18. The van der Waals surface area contributed by atoms with E-state index in [9.17, 15) is 13.2 Å². The first-order chi connectivity index (χ1) is 8.88. The number of nitrogens with zero attached hydrogens (tertiary/aromatic N) is 1. The molecule has 0 bridgehead atoms. The second-order valence-electron chi connectivity index (χ2n) is 4.03. The Morgan fingerprint density at radius 3 is 2.79 bits per heavy atom. The Morgan fingerprint density at radius 2 is 2.21 bits per heavy atom. The number of hydrogen-bond donors (Lipinski definition) is 3. The van der Waals surface area contributed by atoms with Crippen LogP contribution in [0.3, 0.4) is 0 Å². The van der Waals surface area contributed by atoms with Gasteiger partial charge < -0.3 is 11.1 Å². The Bertz CT molecular complexity index is 545. The number of sulfonamides is 1. The Morgan fingerprint density at radius 1 is 1.53 bits per heavy atom. The second-order valence-corrected chi connectivity index (χ2v) is 5.66. The standard InChI is InChI=1S/C11H18N4O3S/c1-3-6-13-9-5-4-7-14-11(9)19(17,18)15-8(2)10(12)16/h4-5,7-8,13,15H,3,6H2,1-2H3,(H2,12,16). The van der Waals surface area contributed by atoms with Crippen LogP contribution in [0, 0.1) is 0 Å². The highest BCUT2D eigenvalue weighted by molar-refractivity contribution is 7.89. The van der Waals surface area contributed by atoms with Gasteiger partial charge in [-0.2, -0.15) is 4.72 Å². The van der Waals surface area contributed by atoms with Crippen molar-refractivity contribution in [2.24, 2.45) is 5.73 Å². The van der Waals surface area contributed by atoms with Crippen molar-refractivity contribution in [3.8, 4) is 0 Å². The molecule has 106 valence electrons. The van der Waals surface area contributed by atoms with Crippen molar-refractivity contribution in [2.45, 2.75) is 31.3 Å². The molecule has 1 aromatic rings. The van der Waals surface area contributed by atoms with Crippen molar-refractivity contribution < 1.29 is 13.2 Å². The number of nitrogens with one attached hydrogen (secondary N) is 2. The molecule has 4 N–H and O–H groups in total. The van der Waals surface area contributed by atoms with E-state index in [2.05, 4.69) is 15.0 Å². The molecule has 0 saturated carbocycles. The number of nitrogens with two attached hydrogens (primary N) is 1. The molecule has 0 saturated heterocycles. The predicted octanol–water partition coefficient (Wildman–Crippen LogP) is 0.0556. The van der Waals surface area contributed by atoms with Gasteiger partial charge in [0.15, 0.2) is 5.03 Å². The number of primary amides is 1.